The van der Waals surface area contributed by atoms with Crippen molar-refractivity contribution in [2.45, 2.75) is 70.1 Å². The first-order chi connectivity index (χ1) is 11.3. The van der Waals surface area contributed by atoms with E-state index in [0.29, 0.717) is 19.4 Å². The number of hydrogen-bond acceptors (Lipinski definition) is 5. The monoisotopic (exact) mass is 352 g/mol. The van der Waals surface area contributed by atoms with Crippen LogP contribution in [0.4, 0.5) is 0 Å². The predicted octanol–water partition coefficient (Wildman–Crippen LogP) is 1.47. The fourth-order valence-electron chi connectivity index (χ4n) is 2.89. The number of nitrogens with zero attached hydrogens (tertiary/aromatic N) is 5. The molecule has 1 atom stereocenters. The van der Waals surface area contributed by atoms with Gasteiger partial charge in [-0.15, -0.1) is 10.2 Å². The molecule has 0 amide bonds. The molecule has 132 valence electrons. The predicted molar refractivity (Wildman–Crippen MR) is 89.2 cm³/mol. The summed E-state index contributed by atoms with van der Waals surface area (Å²) in [6, 6.07) is -0.00971. The second kappa shape index (κ2) is 6.29. The van der Waals surface area contributed by atoms with E-state index in [2.05, 4.69) is 33.8 Å². The van der Waals surface area contributed by atoms with Crippen LogP contribution in [0, 0.1) is 0 Å². The maximum Gasteiger partial charge on any atom is 0.259 e. The first kappa shape index (κ1) is 17.1. The second-order valence-electron chi connectivity index (χ2n) is 6.85. The Hall–Kier alpha value is -1.74. The highest BCUT2D eigenvalue weighted by Crippen LogP contribution is 2.21. The molecule has 0 unspecified atom stereocenters. The molecule has 3 heterocycles. The molecule has 2 aromatic heterocycles. The van der Waals surface area contributed by atoms with Crippen LogP contribution in [0.3, 0.4) is 0 Å². The van der Waals surface area contributed by atoms with E-state index >= 15 is 0 Å². The molecule has 0 aliphatic carbocycles. The Bertz CT molecular complexity index is 821. The molecular formula is C15H24N6O2S. The fraction of sp³-hybridized carbons (Fsp3) is 0.667. The van der Waals surface area contributed by atoms with Crippen LogP contribution < -0.4 is 4.72 Å². The summed E-state index contributed by atoms with van der Waals surface area (Å²) in [7, 11) is -3.63. The summed E-state index contributed by atoms with van der Waals surface area (Å²) in [6.45, 7) is 8.63. The molecule has 2 aromatic rings. The van der Waals surface area contributed by atoms with Crippen molar-refractivity contribution in [2.24, 2.45) is 0 Å². The minimum atomic E-state index is -3.63. The molecule has 1 N–H and O–H groups in total. The summed E-state index contributed by atoms with van der Waals surface area (Å²) in [5.74, 6) is 2.08. The second-order valence-corrected chi connectivity index (χ2v) is 8.51. The van der Waals surface area contributed by atoms with Crippen molar-refractivity contribution in [2.75, 3.05) is 0 Å². The van der Waals surface area contributed by atoms with Gasteiger partial charge in [-0.3, -0.25) is 0 Å². The number of imidazole rings is 1. The summed E-state index contributed by atoms with van der Waals surface area (Å²) in [6.07, 6.45) is 4.54. The molecule has 1 aliphatic heterocycles. The Kier molecular flexibility index (Phi) is 4.48. The van der Waals surface area contributed by atoms with Gasteiger partial charge in [-0.25, -0.2) is 18.1 Å². The van der Waals surface area contributed by atoms with Gasteiger partial charge in [0.05, 0.1) is 6.33 Å². The molecule has 0 aromatic carbocycles. The highest BCUT2D eigenvalue weighted by atomic mass is 32.2. The van der Waals surface area contributed by atoms with Gasteiger partial charge in [0.25, 0.3) is 10.0 Å². The Morgan fingerprint density at radius 3 is 2.62 bits per heavy atom. The van der Waals surface area contributed by atoms with Crippen LogP contribution in [0.2, 0.25) is 0 Å². The molecule has 0 radical (unpaired) electrons. The molecule has 0 saturated heterocycles. The number of nitrogens with one attached hydrogen (secondary N) is 1. The highest BCUT2D eigenvalue weighted by molar-refractivity contribution is 7.89. The van der Waals surface area contributed by atoms with Crippen LogP contribution in [0.15, 0.2) is 17.6 Å². The van der Waals surface area contributed by atoms with Gasteiger partial charge < -0.3 is 9.13 Å². The van der Waals surface area contributed by atoms with E-state index in [1.165, 1.54) is 0 Å². The Morgan fingerprint density at radius 1 is 1.25 bits per heavy atom. The standard InChI is InChI=1S/C15H24N6O2S/c1-10(2)15-18-17-13-6-5-12(7-21(13)15)19-24(22,23)14-8-20(9-16-14)11(3)4/h8-12,19H,5-7H2,1-4H3/t12-/m0/s1. The highest BCUT2D eigenvalue weighted by Gasteiger charge is 2.28. The minimum absolute atomic E-state index is 0.0647. The van der Waals surface area contributed by atoms with Gasteiger partial charge in [-0.1, -0.05) is 13.8 Å². The van der Waals surface area contributed by atoms with Crippen LogP contribution in [-0.2, 0) is 23.0 Å². The van der Waals surface area contributed by atoms with Crippen LogP contribution in [0.5, 0.6) is 0 Å². The van der Waals surface area contributed by atoms with Crippen molar-refractivity contribution in [1.29, 1.82) is 0 Å². The van der Waals surface area contributed by atoms with E-state index in [9.17, 15) is 8.42 Å². The van der Waals surface area contributed by atoms with Gasteiger partial charge in [0.1, 0.15) is 11.6 Å². The molecule has 0 spiro atoms. The summed E-state index contributed by atoms with van der Waals surface area (Å²) in [5, 5.41) is 8.50. The van der Waals surface area contributed by atoms with E-state index in [1.807, 2.05) is 18.4 Å². The van der Waals surface area contributed by atoms with E-state index < -0.39 is 10.0 Å². The maximum absolute atomic E-state index is 12.6. The van der Waals surface area contributed by atoms with Gasteiger partial charge >= 0.3 is 0 Å². The number of hydrogen-bond donors (Lipinski definition) is 1. The number of aromatic nitrogens is 5. The summed E-state index contributed by atoms with van der Waals surface area (Å²) >= 11 is 0. The maximum atomic E-state index is 12.6. The first-order valence-corrected chi connectivity index (χ1v) is 9.74. The number of rotatable bonds is 5. The molecule has 8 nitrogen and oxygen atoms in total. The third-order valence-electron chi connectivity index (χ3n) is 4.26. The zero-order valence-electron chi connectivity index (χ0n) is 14.5. The average Bonchev–Trinajstić information content (AvgIpc) is 3.13. The van der Waals surface area contributed by atoms with Gasteiger partial charge in [0, 0.05) is 37.2 Å². The van der Waals surface area contributed by atoms with Crippen molar-refractivity contribution in [3.05, 3.63) is 24.2 Å². The van der Waals surface area contributed by atoms with Crippen LogP contribution >= 0.6 is 0 Å². The van der Waals surface area contributed by atoms with Crippen LogP contribution in [-0.4, -0.2) is 38.8 Å². The minimum Gasteiger partial charge on any atom is -0.334 e. The van der Waals surface area contributed by atoms with E-state index in [1.54, 1.807) is 17.1 Å². The number of fused-ring (bicyclic) bond motifs is 1. The fourth-order valence-corrected chi connectivity index (χ4v) is 4.09. The lowest BCUT2D eigenvalue weighted by molar-refractivity contribution is 0.409. The molecule has 3 rings (SSSR count). The first-order valence-electron chi connectivity index (χ1n) is 8.25. The van der Waals surface area contributed by atoms with Crippen molar-refractivity contribution in [3.63, 3.8) is 0 Å². The molecule has 1 aliphatic rings. The Balaban J connectivity index is 1.77. The van der Waals surface area contributed by atoms with Crippen molar-refractivity contribution in [3.8, 4) is 0 Å². The smallest absolute Gasteiger partial charge is 0.259 e. The van der Waals surface area contributed by atoms with Gasteiger partial charge in [-0.05, 0) is 20.3 Å². The molecule has 24 heavy (non-hydrogen) atoms. The Labute approximate surface area is 142 Å². The molecule has 9 heteroatoms. The topological polar surface area (TPSA) is 94.7 Å². The van der Waals surface area contributed by atoms with E-state index in [0.717, 1.165) is 11.6 Å². The summed E-state index contributed by atoms with van der Waals surface area (Å²) in [4.78, 5) is 4.04. The van der Waals surface area contributed by atoms with Gasteiger partial charge in [0.15, 0.2) is 5.03 Å². The van der Waals surface area contributed by atoms with Crippen molar-refractivity contribution >= 4 is 10.0 Å². The van der Waals surface area contributed by atoms with Crippen LogP contribution in [0.1, 0.15) is 57.7 Å². The largest absolute Gasteiger partial charge is 0.334 e. The molecule has 0 bridgehead atoms. The zero-order chi connectivity index (χ0) is 17.5. The van der Waals surface area contributed by atoms with Crippen LogP contribution in [0.25, 0.3) is 0 Å². The number of aryl methyl sites for hydroxylation is 1. The Morgan fingerprint density at radius 2 is 2.00 bits per heavy atom. The van der Waals surface area contributed by atoms with E-state index in [4.69, 9.17) is 0 Å². The molecule has 0 saturated carbocycles. The lowest BCUT2D eigenvalue weighted by Crippen LogP contribution is -2.41. The van der Waals surface area contributed by atoms with Crippen molar-refractivity contribution in [1.82, 2.24) is 29.0 Å². The normalized spacial score (nSPS) is 18.3. The van der Waals surface area contributed by atoms with Gasteiger partial charge in [0.2, 0.25) is 0 Å². The molecular weight excluding hydrogens is 328 g/mol. The third kappa shape index (κ3) is 3.23. The molecule has 0 fully saturated rings. The summed E-state index contributed by atoms with van der Waals surface area (Å²) < 4.78 is 31.8. The third-order valence-corrected chi connectivity index (χ3v) is 5.67. The summed E-state index contributed by atoms with van der Waals surface area (Å²) in [5.41, 5.74) is 0. The zero-order valence-corrected chi connectivity index (χ0v) is 15.3. The van der Waals surface area contributed by atoms with E-state index in [-0.39, 0.29) is 23.0 Å². The quantitative estimate of drug-likeness (QED) is 0.879. The van der Waals surface area contributed by atoms with Crippen molar-refractivity contribution < 1.29 is 8.42 Å². The number of sulfonamides is 1. The van der Waals surface area contributed by atoms with Gasteiger partial charge in [-0.2, -0.15) is 0 Å². The SMILES string of the molecule is CC(C)c1nnc2n1C[C@@H](NS(=O)(=O)c1cn(C(C)C)cn1)CC2. The average molecular weight is 352 g/mol. The lowest BCUT2D eigenvalue weighted by Gasteiger charge is -2.25. The lowest BCUT2D eigenvalue weighted by atomic mass is 10.1.